The largest absolute Gasteiger partial charge is 0.494 e. The fraction of sp³-hybridized carbons (Fsp3) is 0.467. The average molecular weight is 246 g/mol. The molecule has 0 saturated carbocycles. The van der Waals surface area contributed by atoms with Gasteiger partial charge < -0.3 is 15.0 Å². The van der Waals surface area contributed by atoms with Crippen molar-refractivity contribution in [3.8, 4) is 5.75 Å². The van der Waals surface area contributed by atoms with E-state index >= 15 is 0 Å². The maximum Gasteiger partial charge on any atom is 0.120 e. The van der Waals surface area contributed by atoms with E-state index in [0.29, 0.717) is 12.6 Å². The smallest absolute Gasteiger partial charge is 0.120 e. The number of aromatic nitrogens is 1. The predicted molar refractivity (Wildman–Crippen MR) is 76.2 cm³/mol. The first kappa shape index (κ1) is 13.0. The van der Waals surface area contributed by atoms with Crippen LogP contribution in [0.5, 0.6) is 5.75 Å². The Morgan fingerprint density at radius 2 is 2.11 bits per heavy atom. The summed E-state index contributed by atoms with van der Waals surface area (Å²) in [6.07, 6.45) is 0. The number of hydrogen-bond acceptors (Lipinski definition) is 2. The van der Waals surface area contributed by atoms with Crippen molar-refractivity contribution in [1.29, 1.82) is 0 Å². The average Bonchev–Trinajstić information content (AvgIpc) is 2.62. The first-order chi connectivity index (χ1) is 8.61. The van der Waals surface area contributed by atoms with E-state index in [0.717, 1.165) is 12.3 Å². The molecule has 0 aliphatic heterocycles. The van der Waals surface area contributed by atoms with Gasteiger partial charge in [-0.05, 0) is 37.6 Å². The topological polar surface area (TPSA) is 37.0 Å². The number of benzene rings is 1. The zero-order chi connectivity index (χ0) is 13.1. The van der Waals surface area contributed by atoms with Crippen molar-refractivity contribution in [2.75, 3.05) is 6.61 Å². The summed E-state index contributed by atoms with van der Waals surface area (Å²) in [5.41, 5.74) is 3.74. The number of rotatable bonds is 5. The Morgan fingerprint density at radius 3 is 2.78 bits per heavy atom. The third-order valence-electron chi connectivity index (χ3n) is 3.09. The van der Waals surface area contributed by atoms with Crippen LogP contribution in [0.25, 0.3) is 10.9 Å². The molecular formula is C15H22N2O. The van der Waals surface area contributed by atoms with E-state index < -0.39 is 0 Å². The number of aryl methyl sites for hydroxylation is 1. The van der Waals surface area contributed by atoms with Gasteiger partial charge in [0.05, 0.1) is 6.61 Å². The molecule has 0 radical (unpaired) electrons. The van der Waals surface area contributed by atoms with Gasteiger partial charge in [-0.1, -0.05) is 13.8 Å². The van der Waals surface area contributed by atoms with E-state index in [1.54, 1.807) is 0 Å². The molecule has 0 bridgehead atoms. The van der Waals surface area contributed by atoms with E-state index in [1.807, 2.05) is 13.0 Å². The standard InChI is InChI=1S/C15H22N2O/c1-5-18-12-6-7-15-13(8-12)14(11(4)17-15)9-16-10(2)3/h6-8,10,16-17H,5,9H2,1-4H3. The van der Waals surface area contributed by atoms with E-state index in [-0.39, 0.29) is 0 Å². The van der Waals surface area contributed by atoms with Gasteiger partial charge in [0.2, 0.25) is 0 Å². The quantitative estimate of drug-likeness (QED) is 0.848. The van der Waals surface area contributed by atoms with Crippen LogP contribution in [-0.4, -0.2) is 17.6 Å². The van der Waals surface area contributed by atoms with E-state index in [9.17, 15) is 0 Å². The Morgan fingerprint density at radius 1 is 1.33 bits per heavy atom. The van der Waals surface area contributed by atoms with Crippen LogP contribution in [0, 0.1) is 6.92 Å². The molecule has 3 nitrogen and oxygen atoms in total. The van der Waals surface area contributed by atoms with Crippen molar-refractivity contribution in [2.24, 2.45) is 0 Å². The molecule has 2 aromatic rings. The summed E-state index contributed by atoms with van der Waals surface area (Å²) in [4.78, 5) is 3.42. The lowest BCUT2D eigenvalue weighted by atomic mass is 10.1. The first-order valence-electron chi connectivity index (χ1n) is 6.59. The molecule has 18 heavy (non-hydrogen) atoms. The van der Waals surface area contributed by atoms with Gasteiger partial charge in [0.1, 0.15) is 5.75 Å². The Hall–Kier alpha value is -1.48. The molecule has 1 heterocycles. The zero-order valence-corrected chi connectivity index (χ0v) is 11.6. The molecule has 2 N–H and O–H groups in total. The van der Waals surface area contributed by atoms with Crippen LogP contribution in [0.1, 0.15) is 32.0 Å². The van der Waals surface area contributed by atoms with Gasteiger partial charge >= 0.3 is 0 Å². The minimum absolute atomic E-state index is 0.490. The highest BCUT2D eigenvalue weighted by molar-refractivity contribution is 5.86. The number of ether oxygens (including phenoxy) is 1. The van der Waals surface area contributed by atoms with Crippen LogP contribution in [0.2, 0.25) is 0 Å². The van der Waals surface area contributed by atoms with Gasteiger partial charge in [0, 0.05) is 29.2 Å². The number of aromatic amines is 1. The van der Waals surface area contributed by atoms with Crippen molar-refractivity contribution in [2.45, 2.75) is 40.3 Å². The normalized spacial score (nSPS) is 11.4. The lowest BCUT2D eigenvalue weighted by molar-refractivity contribution is 0.340. The second-order valence-electron chi connectivity index (χ2n) is 4.90. The van der Waals surface area contributed by atoms with Crippen molar-refractivity contribution in [3.05, 3.63) is 29.5 Å². The third-order valence-corrected chi connectivity index (χ3v) is 3.09. The number of nitrogens with one attached hydrogen (secondary N) is 2. The van der Waals surface area contributed by atoms with Gasteiger partial charge in [-0.3, -0.25) is 0 Å². The monoisotopic (exact) mass is 246 g/mol. The van der Waals surface area contributed by atoms with Crippen molar-refractivity contribution in [3.63, 3.8) is 0 Å². The number of hydrogen-bond donors (Lipinski definition) is 2. The van der Waals surface area contributed by atoms with E-state index in [1.165, 1.54) is 22.2 Å². The number of fused-ring (bicyclic) bond motifs is 1. The maximum absolute atomic E-state index is 5.57. The molecule has 2 rings (SSSR count). The van der Waals surface area contributed by atoms with Gasteiger partial charge in [-0.15, -0.1) is 0 Å². The SMILES string of the molecule is CCOc1ccc2[nH]c(C)c(CNC(C)C)c2c1. The second-order valence-corrected chi connectivity index (χ2v) is 4.90. The Balaban J connectivity index is 2.36. The van der Waals surface area contributed by atoms with Crippen LogP contribution in [0.15, 0.2) is 18.2 Å². The van der Waals surface area contributed by atoms with Gasteiger partial charge in [-0.25, -0.2) is 0 Å². The summed E-state index contributed by atoms with van der Waals surface area (Å²) < 4.78 is 5.57. The van der Waals surface area contributed by atoms with Crippen LogP contribution >= 0.6 is 0 Å². The summed E-state index contributed by atoms with van der Waals surface area (Å²) in [5.74, 6) is 0.940. The molecule has 98 valence electrons. The van der Waals surface area contributed by atoms with Crippen molar-refractivity contribution < 1.29 is 4.74 Å². The Kier molecular flexibility index (Phi) is 3.92. The van der Waals surface area contributed by atoms with Crippen molar-refractivity contribution >= 4 is 10.9 Å². The molecule has 0 aliphatic rings. The molecular weight excluding hydrogens is 224 g/mol. The zero-order valence-electron chi connectivity index (χ0n) is 11.6. The fourth-order valence-corrected chi connectivity index (χ4v) is 2.15. The highest BCUT2D eigenvalue weighted by atomic mass is 16.5. The van der Waals surface area contributed by atoms with E-state index in [2.05, 4.69) is 43.2 Å². The highest BCUT2D eigenvalue weighted by Crippen LogP contribution is 2.26. The lowest BCUT2D eigenvalue weighted by Crippen LogP contribution is -2.22. The fourth-order valence-electron chi connectivity index (χ4n) is 2.15. The minimum atomic E-state index is 0.490. The molecule has 3 heteroatoms. The summed E-state index contributed by atoms with van der Waals surface area (Å²) in [6.45, 7) is 10.0. The van der Waals surface area contributed by atoms with Gasteiger partial charge in [0.25, 0.3) is 0 Å². The van der Waals surface area contributed by atoms with Gasteiger partial charge in [-0.2, -0.15) is 0 Å². The Bertz CT molecular complexity index is 529. The Labute approximate surface area is 109 Å². The number of H-pyrrole nitrogens is 1. The molecule has 1 aromatic carbocycles. The second kappa shape index (κ2) is 5.44. The summed E-state index contributed by atoms with van der Waals surface area (Å²) in [5, 5.41) is 4.73. The van der Waals surface area contributed by atoms with Gasteiger partial charge in [0.15, 0.2) is 0 Å². The molecule has 0 unspecified atom stereocenters. The molecule has 0 spiro atoms. The maximum atomic E-state index is 5.57. The molecule has 0 saturated heterocycles. The summed E-state index contributed by atoms with van der Waals surface area (Å²) in [6, 6.07) is 6.72. The third kappa shape index (κ3) is 2.67. The first-order valence-corrected chi connectivity index (χ1v) is 6.59. The molecule has 0 fully saturated rings. The highest BCUT2D eigenvalue weighted by Gasteiger charge is 2.09. The molecule has 0 aliphatic carbocycles. The molecule has 1 aromatic heterocycles. The minimum Gasteiger partial charge on any atom is -0.494 e. The van der Waals surface area contributed by atoms with Crippen LogP contribution in [-0.2, 0) is 6.54 Å². The van der Waals surface area contributed by atoms with Crippen LogP contribution < -0.4 is 10.1 Å². The molecule has 0 amide bonds. The van der Waals surface area contributed by atoms with Crippen LogP contribution in [0.4, 0.5) is 0 Å². The molecule has 0 atom stereocenters. The predicted octanol–water partition coefficient (Wildman–Crippen LogP) is 3.37. The summed E-state index contributed by atoms with van der Waals surface area (Å²) >= 11 is 0. The summed E-state index contributed by atoms with van der Waals surface area (Å²) in [7, 11) is 0. The van der Waals surface area contributed by atoms with Crippen LogP contribution in [0.3, 0.4) is 0 Å². The van der Waals surface area contributed by atoms with E-state index in [4.69, 9.17) is 4.74 Å². The lowest BCUT2D eigenvalue weighted by Gasteiger charge is -2.08. The van der Waals surface area contributed by atoms with Crippen molar-refractivity contribution in [1.82, 2.24) is 10.3 Å².